The normalized spacial score (nSPS) is 13.9. The molecule has 0 fully saturated rings. The standard InChI is InChI=1S/C19H25ClN4O/c1-13(2)17-11-18(23-19(22-17)21-7-3-9-25)24-8-6-14-10-16(20)5-4-15(14)12-24/h4-5,10-11,13,25H,3,6-9,12H2,1-2H3,(H,21,22,23). The summed E-state index contributed by atoms with van der Waals surface area (Å²) in [6.07, 6.45) is 1.65. The second-order valence-electron chi connectivity index (χ2n) is 6.72. The third-order valence-corrected chi connectivity index (χ3v) is 4.68. The topological polar surface area (TPSA) is 61.3 Å². The zero-order valence-electron chi connectivity index (χ0n) is 14.8. The lowest BCUT2D eigenvalue weighted by Gasteiger charge is -2.30. The summed E-state index contributed by atoms with van der Waals surface area (Å²) < 4.78 is 0. The van der Waals surface area contributed by atoms with E-state index < -0.39 is 0 Å². The molecule has 0 saturated carbocycles. The van der Waals surface area contributed by atoms with Gasteiger partial charge in [0.25, 0.3) is 0 Å². The molecule has 1 aromatic carbocycles. The number of nitrogens with one attached hydrogen (secondary N) is 1. The first-order chi connectivity index (χ1) is 12.1. The SMILES string of the molecule is CC(C)c1cc(N2CCc3cc(Cl)ccc3C2)nc(NCCCO)n1. The fourth-order valence-electron chi connectivity index (χ4n) is 2.99. The third-order valence-electron chi connectivity index (χ3n) is 4.45. The number of anilines is 2. The van der Waals surface area contributed by atoms with Crippen molar-refractivity contribution in [2.75, 3.05) is 29.9 Å². The average molecular weight is 361 g/mol. The Hall–Kier alpha value is -1.85. The Morgan fingerprint density at radius 1 is 1.24 bits per heavy atom. The zero-order valence-corrected chi connectivity index (χ0v) is 15.6. The van der Waals surface area contributed by atoms with E-state index in [1.165, 1.54) is 11.1 Å². The van der Waals surface area contributed by atoms with E-state index >= 15 is 0 Å². The summed E-state index contributed by atoms with van der Waals surface area (Å²) in [5, 5.41) is 13.0. The van der Waals surface area contributed by atoms with Crippen LogP contribution in [0.25, 0.3) is 0 Å². The molecule has 1 aromatic heterocycles. The molecule has 0 amide bonds. The van der Waals surface area contributed by atoms with Crippen LogP contribution in [0.3, 0.4) is 0 Å². The summed E-state index contributed by atoms with van der Waals surface area (Å²) in [6, 6.07) is 8.21. The molecule has 0 unspecified atom stereocenters. The van der Waals surface area contributed by atoms with Crippen LogP contribution in [0.1, 0.15) is 43.0 Å². The Kier molecular flexibility index (Phi) is 5.76. The Labute approximate surface area is 154 Å². The molecular formula is C19H25ClN4O. The van der Waals surface area contributed by atoms with Gasteiger partial charge < -0.3 is 15.3 Å². The van der Waals surface area contributed by atoms with Gasteiger partial charge in [-0.1, -0.05) is 31.5 Å². The lowest BCUT2D eigenvalue weighted by atomic mass is 10.00. The average Bonchev–Trinajstić information content (AvgIpc) is 2.61. The van der Waals surface area contributed by atoms with Gasteiger partial charge in [0.1, 0.15) is 5.82 Å². The number of hydrogen-bond acceptors (Lipinski definition) is 5. The number of halogens is 1. The predicted molar refractivity (Wildman–Crippen MR) is 103 cm³/mol. The Balaban J connectivity index is 1.84. The Bertz CT molecular complexity index is 735. The largest absolute Gasteiger partial charge is 0.396 e. The number of nitrogens with zero attached hydrogens (tertiary/aromatic N) is 3. The second-order valence-corrected chi connectivity index (χ2v) is 7.15. The summed E-state index contributed by atoms with van der Waals surface area (Å²) >= 11 is 6.11. The van der Waals surface area contributed by atoms with Crippen LogP contribution in [0, 0.1) is 0 Å². The quantitative estimate of drug-likeness (QED) is 0.770. The van der Waals surface area contributed by atoms with Crippen molar-refractivity contribution in [3.8, 4) is 0 Å². The highest BCUT2D eigenvalue weighted by Crippen LogP contribution is 2.27. The monoisotopic (exact) mass is 360 g/mol. The van der Waals surface area contributed by atoms with Crippen LogP contribution < -0.4 is 10.2 Å². The fraction of sp³-hybridized carbons (Fsp3) is 0.474. The van der Waals surface area contributed by atoms with Gasteiger partial charge in [0.2, 0.25) is 5.95 Å². The lowest BCUT2D eigenvalue weighted by molar-refractivity contribution is 0.292. The molecule has 5 nitrogen and oxygen atoms in total. The highest BCUT2D eigenvalue weighted by Gasteiger charge is 2.19. The fourth-order valence-corrected chi connectivity index (χ4v) is 3.18. The molecule has 2 N–H and O–H groups in total. The molecule has 3 rings (SSSR count). The van der Waals surface area contributed by atoms with Crippen molar-refractivity contribution in [1.29, 1.82) is 0 Å². The van der Waals surface area contributed by atoms with Crippen LogP contribution >= 0.6 is 11.6 Å². The van der Waals surface area contributed by atoms with E-state index in [2.05, 4.69) is 47.2 Å². The highest BCUT2D eigenvalue weighted by atomic mass is 35.5. The van der Waals surface area contributed by atoms with E-state index in [-0.39, 0.29) is 6.61 Å². The molecule has 0 aliphatic carbocycles. The van der Waals surface area contributed by atoms with Crippen molar-refractivity contribution in [3.05, 3.63) is 46.1 Å². The van der Waals surface area contributed by atoms with Gasteiger partial charge in [-0.15, -0.1) is 0 Å². The number of aromatic nitrogens is 2. The minimum absolute atomic E-state index is 0.162. The van der Waals surface area contributed by atoms with Gasteiger partial charge in [-0.3, -0.25) is 0 Å². The van der Waals surface area contributed by atoms with E-state index in [9.17, 15) is 0 Å². The molecule has 2 heterocycles. The first-order valence-corrected chi connectivity index (χ1v) is 9.20. The maximum atomic E-state index is 8.96. The summed E-state index contributed by atoms with van der Waals surface area (Å²) in [5.41, 5.74) is 3.65. The summed E-state index contributed by atoms with van der Waals surface area (Å²) in [4.78, 5) is 11.6. The minimum atomic E-state index is 0.162. The van der Waals surface area contributed by atoms with Crippen LogP contribution in [-0.2, 0) is 13.0 Å². The van der Waals surface area contributed by atoms with E-state index in [0.717, 1.165) is 36.0 Å². The van der Waals surface area contributed by atoms with Crippen molar-refractivity contribution < 1.29 is 5.11 Å². The number of rotatable bonds is 6. The van der Waals surface area contributed by atoms with E-state index in [0.29, 0.717) is 24.8 Å². The first-order valence-electron chi connectivity index (χ1n) is 8.83. The smallest absolute Gasteiger partial charge is 0.224 e. The van der Waals surface area contributed by atoms with Crippen LogP contribution in [0.15, 0.2) is 24.3 Å². The molecule has 0 spiro atoms. The summed E-state index contributed by atoms with van der Waals surface area (Å²) in [6.45, 7) is 6.84. The highest BCUT2D eigenvalue weighted by molar-refractivity contribution is 6.30. The first kappa shape index (κ1) is 18.0. The molecule has 25 heavy (non-hydrogen) atoms. The van der Waals surface area contributed by atoms with Crippen LogP contribution in [0.2, 0.25) is 5.02 Å². The Morgan fingerprint density at radius 2 is 2.08 bits per heavy atom. The molecular weight excluding hydrogens is 336 g/mol. The van der Waals surface area contributed by atoms with Crippen LogP contribution in [0.5, 0.6) is 0 Å². The molecule has 2 aromatic rings. The molecule has 134 valence electrons. The zero-order chi connectivity index (χ0) is 17.8. The summed E-state index contributed by atoms with van der Waals surface area (Å²) in [5.74, 6) is 1.92. The van der Waals surface area contributed by atoms with Gasteiger partial charge in [-0.2, -0.15) is 4.98 Å². The van der Waals surface area contributed by atoms with E-state index in [1.54, 1.807) is 0 Å². The van der Waals surface area contributed by atoms with Gasteiger partial charge in [-0.25, -0.2) is 4.98 Å². The molecule has 0 radical (unpaired) electrons. The number of aliphatic hydroxyl groups is 1. The van der Waals surface area contributed by atoms with Crippen molar-refractivity contribution in [2.45, 2.75) is 39.2 Å². The number of aliphatic hydroxyl groups excluding tert-OH is 1. The predicted octanol–water partition coefficient (Wildman–Crippen LogP) is 3.61. The number of benzene rings is 1. The Morgan fingerprint density at radius 3 is 2.84 bits per heavy atom. The van der Waals surface area contributed by atoms with E-state index in [4.69, 9.17) is 21.7 Å². The van der Waals surface area contributed by atoms with Crippen molar-refractivity contribution >= 4 is 23.4 Å². The van der Waals surface area contributed by atoms with Crippen molar-refractivity contribution in [2.24, 2.45) is 0 Å². The molecule has 0 saturated heterocycles. The van der Waals surface area contributed by atoms with Gasteiger partial charge in [0.15, 0.2) is 0 Å². The molecule has 0 bridgehead atoms. The second kappa shape index (κ2) is 8.02. The van der Waals surface area contributed by atoms with E-state index in [1.807, 2.05) is 6.07 Å². The number of fused-ring (bicyclic) bond motifs is 1. The summed E-state index contributed by atoms with van der Waals surface area (Å²) in [7, 11) is 0. The maximum absolute atomic E-state index is 8.96. The molecule has 1 aliphatic heterocycles. The van der Waals surface area contributed by atoms with Gasteiger partial charge in [0, 0.05) is 37.3 Å². The van der Waals surface area contributed by atoms with Gasteiger partial charge in [0.05, 0.1) is 5.69 Å². The van der Waals surface area contributed by atoms with Crippen LogP contribution in [-0.4, -0.2) is 34.8 Å². The molecule has 6 heteroatoms. The van der Waals surface area contributed by atoms with Crippen molar-refractivity contribution in [3.63, 3.8) is 0 Å². The maximum Gasteiger partial charge on any atom is 0.224 e. The number of hydrogen-bond donors (Lipinski definition) is 2. The van der Waals surface area contributed by atoms with Gasteiger partial charge in [-0.05, 0) is 42.0 Å². The molecule has 0 atom stereocenters. The third kappa shape index (κ3) is 4.41. The molecule has 1 aliphatic rings. The van der Waals surface area contributed by atoms with Gasteiger partial charge >= 0.3 is 0 Å². The minimum Gasteiger partial charge on any atom is -0.396 e. The lowest BCUT2D eigenvalue weighted by Crippen LogP contribution is -2.31. The van der Waals surface area contributed by atoms with Crippen molar-refractivity contribution in [1.82, 2.24) is 9.97 Å². The van der Waals surface area contributed by atoms with Crippen LogP contribution in [0.4, 0.5) is 11.8 Å².